The van der Waals surface area contributed by atoms with E-state index in [9.17, 15) is 4.79 Å². The van der Waals surface area contributed by atoms with Crippen molar-refractivity contribution >= 4 is 29.2 Å². The number of alkyl halides is 1. The number of nitrogens with one attached hydrogen (secondary N) is 1. The van der Waals surface area contributed by atoms with Gasteiger partial charge in [0.25, 0.3) is 0 Å². The van der Waals surface area contributed by atoms with E-state index in [1.54, 1.807) is 0 Å². The molecule has 22 heavy (non-hydrogen) atoms. The minimum atomic E-state index is -0.114. The standard InChI is InChI=1S/C16H17Cl2N3O/c17-7-8-19-16(22)21-11-10-20-9-1-2-14(20)15(21)12-3-5-13(18)6-4-12/h1-6,9,15H,7-8,10-11H2,(H,19,22)/t15-/m1/s1. The van der Waals surface area contributed by atoms with Crippen LogP contribution in [0, 0.1) is 0 Å². The van der Waals surface area contributed by atoms with Gasteiger partial charge in [0.1, 0.15) is 0 Å². The van der Waals surface area contributed by atoms with Gasteiger partial charge in [-0.05, 0) is 29.8 Å². The maximum absolute atomic E-state index is 12.5. The molecule has 1 aliphatic heterocycles. The second kappa shape index (κ2) is 6.63. The summed E-state index contributed by atoms with van der Waals surface area (Å²) in [5.41, 5.74) is 2.15. The van der Waals surface area contributed by atoms with Gasteiger partial charge < -0.3 is 14.8 Å². The topological polar surface area (TPSA) is 37.3 Å². The van der Waals surface area contributed by atoms with Crippen LogP contribution in [0.1, 0.15) is 17.3 Å². The monoisotopic (exact) mass is 337 g/mol. The van der Waals surface area contributed by atoms with Gasteiger partial charge in [-0.25, -0.2) is 4.79 Å². The van der Waals surface area contributed by atoms with Gasteiger partial charge in [-0.3, -0.25) is 0 Å². The first-order valence-corrected chi connectivity index (χ1v) is 8.13. The highest BCUT2D eigenvalue weighted by Gasteiger charge is 2.31. The molecular weight excluding hydrogens is 321 g/mol. The highest BCUT2D eigenvalue weighted by atomic mass is 35.5. The van der Waals surface area contributed by atoms with Crippen LogP contribution in [0.5, 0.6) is 0 Å². The Kier molecular flexibility index (Phi) is 4.60. The molecule has 0 saturated carbocycles. The molecule has 0 aliphatic carbocycles. The number of hydrogen-bond acceptors (Lipinski definition) is 1. The van der Waals surface area contributed by atoms with Crippen LogP contribution in [0.3, 0.4) is 0 Å². The molecule has 2 amide bonds. The number of benzene rings is 1. The maximum Gasteiger partial charge on any atom is 0.318 e. The summed E-state index contributed by atoms with van der Waals surface area (Å²) in [6.07, 6.45) is 2.05. The Balaban J connectivity index is 1.95. The summed E-state index contributed by atoms with van der Waals surface area (Å²) in [5.74, 6) is 0.404. The first-order valence-electron chi connectivity index (χ1n) is 7.21. The first-order chi connectivity index (χ1) is 10.7. The lowest BCUT2D eigenvalue weighted by atomic mass is 10.0. The molecule has 0 bridgehead atoms. The molecule has 4 nitrogen and oxygen atoms in total. The quantitative estimate of drug-likeness (QED) is 0.855. The molecule has 2 heterocycles. The summed E-state index contributed by atoms with van der Waals surface area (Å²) in [6, 6.07) is 11.5. The summed E-state index contributed by atoms with van der Waals surface area (Å²) >= 11 is 11.7. The fourth-order valence-corrected chi connectivity index (χ4v) is 3.07. The van der Waals surface area contributed by atoms with Gasteiger partial charge in [-0.15, -0.1) is 11.6 Å². The van der Waals surface area contributed by atoms with Gasteiger partial charge >= 0.3 is 6.03 Å². The minimum Gasteiger partial charge on any atom is -0.348 e. The third-order valence-corrected chi connectivity index (χ3v) is 4.30. The van der Waals surface area contributed by atoms with Crippen LogP contribution in [-0.2, 0) is 6.54 Å². The molecule has 1 aromatic heterocycles. The Hall–Kier alpha value is -1.65. The van der Waals surface area contributed by atoms with Crippen molar-refractivity contribution in [1.82, 2.24) is 14.8 Å². The maximum atomic E-state index is 12.5. The van der Waals surface area contributed by atoms with Gasteiger partial charge in [0.2, 0.25) is 0 Å². The lowest BCUT2D eigenvalue weighted by molar-refractivity contribution is 0.169. The van der Waals surface area contributed by atoms with Crippen molar-refractivity contribution in [2.75, 3.05) is 19.0 Å². The molecule has 0 fully saturated rings. The number of halogens is 2. The van der Waals surface area contributed by atoms with Crippen LogP contribution in [0.2, 0.25) is 5.02 Å². The van der Waals surface area contributed by atoms with E-state index in [-0.39, 0.29) is 12.1 Å². The highest BCUT2D eigenvalue weighted by Crippen LogP contribution is 2.32. The third kappa shape index (κ3) is 2.94. The van der Waals surface area contributed by atoms with Crippen molar-refractivity contribution in [2.45, 2.75) is 12.6 Å². The Morgan fingerprint density at radius 1 is 1.23 bits per heavy atom. The largest absolute Gasteiger partial charge is 0.348 e. The summed E-state index contributed by atoms with van der Waals surface area (Å²) in [6.45, 7) is 1.91. The lowest BCUT2D eigenvalue weighted by Gasteiger charge is -2.37. The van der Waals surface area contributed by atoms with Crippen molar-refractivity contribution in [1.29, 1.82) is 0 Å². The molecule has 0 spiro atoms. The van der Waals surface area contributed by atoms with E-state index in [0.29, 0.717) is 24.0 Å². The van der Waals surface area contributed by atoms with Crippen LogP contribution >= 0.6 is 23.2 Å². The van der Waals surface area contributed by atoms with Crippen LogP contribution in [0.15, 0.2) is 42.6 Å². The molecule has 1 N–H and O–H groups in total. The van der Waals surface area contributed by atoms with Gasteiger partial charge in [0.05, 0.1) is 6.04 Å². The van der Waals surface area contributed by atoms with Crippen molar-refractivity contribution in [3.8, 4) is 0 Å². The van der Waals surface area contributed by atoms with E-state index in [0.717, 1.165) is 17.8 Å². The number of aromatic nitrogens is 1. The molecular formula is C16H17Cl2N3O. The van der Waals surface area contributed by atoms with Crippen LogP contribution in [-0.4, -0.2) is 34.5 Å². The Morgan fingerprint density at radius 3 is 2.73 bits per heavy atom. The van der Waals surface area contributed by atoms with Gasteiger partial charge in [0, 0.05) is 42.4 Å². The van der Waals surface area contributed by atoms with E-state index in [1.165, 1.54) is 0 Å². The number of rotatable bonds is 3. The van der Waals surface area contributed by atoms with E-state index < -0.39 is 0 Å². The molecule has 3 rings (SSSR count). The van der Waals surface area contributed by atoms with E-state index in [4.69, 9.17) is 23.2 Å². The molecule has 1 aromatic carbocycles. The fourth-order valence-electron chi connectivity index (χ4n) is 2.85. The number of carbonyl (C=O) groups excluding carboxylic acids is 1. The zero-order chi connectivity index (χ0) is 15.5. The average Bonchev–Trinajstić information content (AvgIpc) is 3.01. The molecule has 1 aliphatic rings. The van der Waals surface area contributed by atoms with E-state index in [1.807, 2.05) is 41.4 Å². The number of hydrogen-bond donors (Lipinski definition) is 1. The van der Waals surface area contributed by atoms with Crippen molar-refractivity contribution in [3.63, 3.8) is 0 Å². The van der Waals surface area contributed by atoms with Crippen LogP contribution < -0.4 is 5.32 Å². The Labute approximate surface area is 139 Å². The average molecular weight is 338 g/mol. The van der Waals surface area contributed by atoms with Crippen molar-refractivity contribution in [2.24, 2.45) is 0 Å². The smallest absolute Gasteiger partial charge is 0.318 e. The Bertz CT molecular complexity index is 654. The second-order valence-electron chi connectivity index (χ2n) is 5.19. The SMILES string of the molecule is O=C(NCCCl)N1CCn2cccc2[C@H]1c1ccc(Cl)cc1. The predicted molar refractivity (Wildman–Crippen MR) is 88.6 cm³/mol. The first kappa shape index (κ1) is 15.3. The number of fused-ring (bicyclic) bond motifs is 1. The highest BCUT2D eigenvalue weighted by molar-refractivity contribution is 6.30. The summed E-state index contributed by atoms with van der Waals surface area (Å²) in [7, 11) is 0. The van der Waals surface area contributed by atoms with Gasteiger partial charge in [-0.2, -0.15) is 0 Å². The zero-order valence-corrected chi connectivity index (χ0v) is 13.5. The molecule has 2 aromatic rings. The van der Waals surface area contributed by atoms with Gasteiger partial charge in [-0.1, -0.05) is 23.7 Å². The third-order valence-electron chi connectivity index (χ3n) is 3.86. The summed E-state index contributed by atoms with van der Waals surface area (Å²) in [5, 5.41) is 3.54. The van der Waals surface area contributed by atoms with Crippen LogP contribution in [0.4, 0.5) is 4.79 Å². The molecule has 0 unspecified atom stereocenters. The number of nitrogens with zero attached hydrogens (tertiary/aromatic N) is 2. The fraction of sp³-hybridized carbons (Fsp3) is 0.312. The summed E-state index contributed by atoms with van der Waals surface area (Å²) < 4.78 is 2.19. The second-order valence-corrected chi connectivity index (χ2v) is 6.01. The number of carbonyl (C=O) groups is 1. The summed E-state index contributed by atoms with van der Waals surface area (Å²) in [4.78, 5) is 14.3. The van der Waals surface area contributed by atoms with E-state index >= 15 is 0 Å². The molecule has 1 atom stereocenters. The molecule has 0 radical (unpaired) electrons. The minimum absolute atomic E-state index is 0.0898. The van der Waals surface area contributed by atoms with Crippen LogP contribution in [0.25, 0.3) is 0 Å². The number of urea groups is 1. The van der Waals surface area contributed by atoms with Crippen molar-refractivity contribution < 1.29 is 4.79 Å². The van der Waals surface area contributed by atoms with E-state index in [2.05, 4.69) is 16.0 Å². The molecule has 0 saturated heterocycles. The Morgan fingerprint density at radius 2 is 2.00 bits per heavy atom. The predicted octanol–water partition coefficient (Wildman–Crippen LogP) is 3.49. The number of amides is 2. The molecule has 116 valence electrons. The van der Waals surface area contributed by atoms with Gasteiger partial charge in [0.15, 0.2) is 0 Å². The normalized spacial score (nSPS) is 17.2. The molecule has 6 heteroatoms. The lowest BCUT2D eigenvalue weighted by Crippen LogP contribution is -2.47. The zero-order valence-electron chi connectivity index (χ0n) is 12.0. The van der Waals surface area contributed by atoms with Crippen molar-refractivity contribution in [3.05, 3.63) is 58.9 Å².